The van der Waals surface area contributed by atoms with Crippen molar-refractivity contribution in [3.63, 3.8) is 0 Å². The molecule has 0 spiro atoms. The molecule has 0 aromatic carbocycles. The molecule has 4 nitrogen and oxygen atoms in total. The van der Waals surface area contributed by atoms with E-state index in [1.807, 2.05) is 6.92 Å². The maximum Gasteiger partial charge on any atom is 0.333 e. The van der Waals surface area contributed by atoms with Gasteiger partial charge in [-0.2, -0.15) is 0 Å². The van der Waals surface area contributed by atoms with Gasteiger partial charge in [-0.15, -0.1) is 0 Å². The number of carbonyl (C=O) groups is 2. The van der Waals surface area contributed by atoms with E-state index in [1.165, 1.54) is 0 Å². The molecule has 0 heterocycles. The SMILES string of the molecule is C=CC(=O)OC(CCC)CCCOC(=O)C(=C)C. The van der Waals surface area contributed by atoms with Gasteiger partial charge in [0.15, 0.2) is 0 Å². The van der Waals surface area contributed by atoms with Crippen molar-refractivity contribution in [2.75, 3.05) is 6.61 Å². The van der Waals surface area contributed by atoms with E-state index in [0.717, 1.165) is 18.9 Å². The van der Waals surface area contributed by atoms with E-state index < -0.39 is 5.97 Å². The molecule has 0 saturated carbocycles. The Balaban J connectivity index is 3.89. The highest BCUT2D eigenvalue weighted by atomic mass is 16.5. The first-order valence-corrected chi connectivity index (χ1v) is 6.16. The van der Waals surface area contributed by atoms with E-state index in [2.05, 4.69) is 13.2 Å². The molecule has 1 atom stereocenters. The molecular weight excluding hydrogens is 232 g/mol. The van der Waals surface area contributed by atoms with E-state index >= 15 is 0 Å². The fourth-order valence-corrected chi connectivity index (χ4v) is 1.40. The lowest BCUT2D eigenvalue weighted by Crippen LogP contribution is -2.18. The minimum absolute atomic E-state index is 0.135. The summed E-state index contributed by atoms with van der Waals surface area (Å²) in [5.41, 5.74) is 0.387. The van der Waals surface area contributed by atoms with E-state index in [9.17, 15) is 9.59 Å². The first kappa shape index (κ1) is 16.4. The molecular formula is C14H22O4. The van der Waals surface area contributed by atoms with Gasteiger partial charge in [-0.1, -0.05) is 26.5 Å². The summed E-state index contributed by atoms with van der Waals surface area (Å²) in [6, 6.07) is 0. The third-order valence-electron chi connectivity index (χ3n) is 2.31. The van der Waals surface area contributed by atoms with Crippen molar-refractivity contribution >= 4 is 11.9 Å². The summed E-state index contributed by atoms with van der Waals surface area (Å²) < 4.78 is 10.1. The fourth-order valence-electron chi connectivity index (χ4n) is 1.40. The van der Waals surface area contributed by atoms with Crippen LogP contribution in [0.25, 0.3) is 0 Å². The topological polar surface area (TPSA) is 52.6 Å². The van der Waals surface area contributed by atoms with Gasteiger partial charge in [0.25, 0.3) is 0 Å². The van der Waals surface area contributed by atoms with Crippen LogP contribution < -0.4 is 0 Å². The van der Waals surface area contributed by atoms with Gasteiger partial charge in [0.05, 0.1) is 6.61 Å². The largest absolute Gasteiger partial charge is 0.462 e. The molecule has 4 heteroatoms. The standard InChI is InChI=1S/C14H22O4/c1-5-8-12(18-13(15)6-2)9-7-10-17-14(16)11(3)4/h6,12H,2-3,5,7-10H2,1,4H3. The van der Waals surface area contributed by atoms with Crippen LogP contribution in [0.15, 0.2) is 24.8 Å². The average Bonchev–Trinajstić information content (AvgIpc) is 2.33. The van der Waals surface area contributed by atoms with Gasteiger partial charge >= 0.3 is 11.9 Å². The molecule has 18 heavy (non-hydrogen) atoms. The number of carbonyl (C=O) groups excluding carboxylic acids is 2. The minimum Gasteiger partial charge on any atom is -0.462 e. The van der Waals surface area contributed by atoms with Crippen molar-refractivity contribution in [3.8, 4) is 0 Å². The Kier molecular flexibility index (Phi) is 8.62. The Labute approximate surface area is 109 Å². The van der Waals surface area contributed by atoms with Gasteiger partial charge in [0.1, 0.15) is 6.10 Å². The normalized spacial score (nSPS) is 11.4. The Morgan fingerprint density at radius 1 is 1.33 bits per heavy atom. The summed E-state index contributed by atoms with van der Waals surface area (Å²) in [6.07, 6.45) is 4.09. The number of esters is 2. The third-order valence-corrected chi connectivity index (χ3v) is 2.31. The maximum absolute atomic E-state index is 11.1. The Morgan fingerprint density at radius 2 is 2.00 bits per heavy atom. The van der Waals surface area contributed by atoms with Gasteiger partial charge in [-0.25, -0.2) is 9.59 Å². The van der Waals surface area contributed by atoms with Crippen LogP contribution >= 0.6 is 0 Å². The van der Waals surface area contributed by atoms with E-state index in [-0.39, 0.29) is 12.1 Å². The van der Waals surface area contributed by atoms with Crippen LogP contribution in [0.4, 0.5) is 0 Å². The monoisotopic (exact) mass is 254 g/mol. The summed E-state index contributed by atoms with van der Waals surface area (Å²) >= 11 is 0. The summed E-state index contributed by atoms with van der Waals surface area (Å²) in [7, 11) is 0. The molecule has 1 unspecified atom stereocenters. The summed E-state index contributed by atoms with van der Waals surface area (Å²) in [6.45, 7) is 10.8. The fraction of sp³-hybridized carbons (Fsp3) is 0.571. The van der Waals surface area contributed by atoms with Crippen molar-refractivity contribution in [2.24, 2.45) is 0 Å². The average molecular weight is 254 g/mol. The summed E-state index contributed by atoms with van der Waals surface area (Å²) in [5, 5.41) is 0. The van der Waals surface area contributed by atoms with Gasteiger partial charge < -0.3 is 9.47 Å². The van der Waals surface area contributed by atoms with Crippen molar-refractivity contribution in [3.05, 3.63) is 24.8 Å². The zero-order chi connectivity index (χ0) is 14.0. The molecule has 0 fully saturated rings. The molecule has 0 amide bonds. The zero-order valence-corrected chi connectivity index (χ0v) is 11.2. The van der Waals surface area contributed by atoms with E-state index in [0.29, 0.717) is 25.0 Å². The lowest BCUT2D eigenvalue weighted by atomic mass is 10.1. The highest BCUT2D eigenvalue weighted by molar-refractivity contribution is 5.86. The number of hydrogen-bond acceptors (Lipinski definition) is 4. The highest BCUT2D eigenvalue weighted by Gasteiger charge is 2.12. The molecule has 102 valence electrons. The lowest BCUT2D eigenvalue weighted by Gasteiger charge is -2.16. The first-order valence-electron chi connectivity index (χ1n) is 6.16. The highest BCUT2D eigenvalue weighted by Crippen LogP contribution is 2.10. The van der Waals surface area contributed by atoms with Gasteiger partial charge in [0.2, 0.25) is 0 Å². The number of rotatable bonds is 9. The second-order valence-corrected chi connectivity index (χ2v) is 4.11. The van der Waals surface area contributed by atoms with E-state index in [4.69, 9.17) is 9.47 Å². The first-order chi connectivity index (χ1) is 8.51. The van der Waals surface area contributed by atoms with E-state index in [1.54, 1.807) is 6.92 Å². The smallest absolute Gasteiger partial charge is 0.333 e. The molecule has 0 saturated heterocycles. The van der Waals surface area contributed by atoms with Crippen LogP contribution in [-0.2, 0) is 19.1 Å². The second-order valence-electron chi connectivity index (χ2n) is 4.11. The van der Waals surface area contributed by atoms with Crippen LogP contribution in [0.5, 0.6) is 0 Å². The van der Waals surface area contributed by atoms with Crippen molar-refractivity contribution < 1.29 is 19.1 Å². The van der Waals surface area contributed by atoms with Crippen molar-refractivity contribution in [2.45, 2.75) is 45.6 Å². The molecule has 0 aromatic rings. The van der Waals surface area contributed by atoms with Crippen molar-refractivity contribution in [1.82, 2.24) is 0 Å². The predicted octanol–water partition coefficient (Wildman–Crippen LogP) is 2.78. The van der Waals surface area contributed by atoms with Gasteiger partial charge in [0, 0.05) is 11.6 Å². The number of hydrogen-bond donors (Lipinski definition) is 0. The second kappa shape index (κ2) is 9.45. The molecule has 0 aliphatic heterocycles. The predicted molar refractivity (Wildman–Crippen MR) is 70.0 cm³/mol. The van der Waals surface area contributed by atoms with Crippen molar-refractivity contribution in [1.29, 1.82) is 0 Å². The zero-order valence-electron chi connectivity index (χ0n) is 11.2. The van der Waals surface area contributed by atoms with Crippen LogP contribution in [0.2, 0.25) is 0 Å². The summed E-state index contributed by atoms with van der Waals surface area (Å²) in [5.74, 6) is -0.794. The maximum atomic E-state index is 11.1. The Bertz CT molecular complexity index is 307. The third kappa shape index (κ3) is 7.65. The van der Waals surface area contributed by atoms with Crippen LogP contribution in [0, 0.1) is 0 Å². The van der Waals surface area contributed by atoms with Gasteiger partial charge in [-0.05, 0) is 26.2 Å². The molecule has 0 aromatic heterocycles. The van der Waals surface area contributed by atoms with Crippen LogP contribution in [-0.4, -0.2) is 24.6 Å². The Morgan fingerprint density at radius 3 is 2.50 bits per heavy atom. The van der Waals surface area contributed by atoms with Gasteiger partial charge in [-0.3, -0.25) is 0 Å². The molecule has 0 bridgehead atoms. The molecule has 0 aliphatic rings. The number of ether oxygens (including phenoxy) is 2. The quantitative estimate of drug-likeness (QED) is 0.360. The molecule has 0 radical (unpaired) electrons. The molecule has 0 rings (SSSR count). The Hall–Kier alpha value is -1.58. The minimum atomic E-state index is -0.410. The van der Waals surface area contributed by atoms with Crippen LogP contribution in [0.1, 0.15) is 39.5 Å². The lowest BCUT2D eigenvalue weighted by molar-refractivity contribution is -0.145. The molecule has 0 aliphatic carbocycles. The van der Waals surface area contributed by atoms with Crippen LogP contribution in [0.3, 0.4) is 0 Å². The summed E-state index contributed by atoms with van der Waals surface area (Å²) in [4.78, 5) is 22.2. The molecule has 0 N–H and O–H groups in total.